The first-order chi connectivity index (χ1) is 9.89. The molecule has 1 N–H and O–H groups in total. The Bertz CT molecular complexity index is 471. The van der Waals surface area contributed by atoms with E-state index in [1.165, 1.54) is 0 Å². The van der Waals surface area contributed by atoms with Crippen molar-refractivity contribution in [2.75, 3.05) is 19.7 Å². The highest BCUT2D eigenvalue weighted by atomic mass is 16.6. The fraction of sp³-hybridized carbons (Fsp3) is 0.733. The summed E-state index contributed by atoms with van der Waals surface area (Å²) in [6.45, 7) is 7.16. The number of aliphatic hydroxyl groups excluding tert-OH is 1. The zero-order valence-electron chi connectivity index (χ0n) is 13.1. The van der Waals surface area contributed by atoms with E-state index in [9.17, 15) is 4.79 Å². The van der Waals surface area contributed by atoms with Gasteiger partial charge in [0.2, 0.25) is 0 Å². The van der Waals surface area contributed by atoms with Crippen molar-refractivity contribution < 1.29 is 14.6 Å². The standard InChI is InChI=1S/C15H25N3O3/c1-15(2,3)21-14(20)17-7-4-13(5-8-17)18-11-12(6-9-19)10-16-18/h10-11,13,19H,4-9H2,1-3H3. The fourth-order valence-electron chi connectivity index (χ4n) is 2.47. The summed E-state index contributed by atoms with van der Waals surface area (Å²) in [5.74, 6) is 0. The minimum Gasteiger partial charge on any atom is -0.444 e. The van der Waals surface area contributed by atoms with E-state index in [4.69, 9.17) is 9.84 Å². The summed E-state index contributed by atoms with van der Waals surface area (Å²) in [4.78, 5) is 13.8. The van der Waals surface area contributed by atoms with Gasteiger partial charge < -0.3 is 14.7 Å². The largest absolute Gasteiger partial charge is 0.444 e. The molecular weight excluding hydrogens is 270 g/mol. The van der Waals surface area contributed by atoms with Crippen LogP contribution < -0.4 is 0 Å². The molecule has 0 aromatic carbocycles. The van der Waals surface area contributed by atoms with Gasteiger partial charge in [0.25, 0.3) is 0 Å². The summed E-state index contributed by atoms with van der Waals surface area (Å²) >= 11 is 0. The second-order valence-corrected chi connectivity index (χ2v) is 6.50. The maximum absolute atomic E-state index is 12.0. The van der Waals surface area contributed by atoms with Crippen LogP contribution in [-0.2, 0) is 11.2 Å². The second-order valence-electron chi connectivity index (χ2n) is 6.50. The van der Waals surface area contributed by atoms with Gasteiger partial charge in [-0.15, -0.1) is 0 Å². The van der Waals surface area contributed by atoms with Gasteiger partial charge in [0, 0.05) is 25.9 Å². The summed E-state index contributed by atoms with van der Waals surface area (Å²) in [6, 6.07) is 0.316. The van der Waals surface area contributed by atoms with Crippen molar-refractivity contribution in [1.29, 1.82) is 0 Å². The van der Waals surface area contributed by atoms with Crippen LogP contribution >= 0.6 is 0 Å². The number of amides is 1. The van der Waals surface area contributed by atoms with Crippen LogP contribution in [0.1, 0.15) is 45.2 Å². The first-order valence-corrected chi connectivity index (χ1v) is 7.51. The number of aromatic nitrogens is 2. The molecule has 118 valence electrons. The molecule has 1 amide bonds. The van der Waals surface area contributed by atoms with E-state index in [0.717, 1.165) is 18.4 Å². The molecule has 0 unspecified atom stereocenters. The molecule has 1 saturated heterocycles. The lowest BCUT2D eigenvalue weighted by Crippen LogP contribution is -2.42. The lowest BCUT2D eigenvalue weighted by Gasteiger charge is -2.33. The van der Waals surface area contributed by atoms with E-state index in [1.54, 1.807) is 11.1 Å². The molecule has 1 aliphatic heterocycles. The first-order valence-electron chi connectivity index (χ1n) is 7.51. The number of likely N-dealkylation sites (tertiary alicyclic amines) is 1. The molecular formula is C15H25N3O3. The van der Waals surface area contributed by atoms with Gasteiger partial charge in [-0.3, -0.25) is 4.68 Å². The van der Waals surface area contributed by atoms with Crippen molar-refractivity contribution in [2.45, 2.75) is 51.7 Å². The monoisotopic (exact) mass is 295 g/mol. The molecule has 0 atom stereocenters. The number of carbonyl (C=O) groups is 1. The van der Waals surface area contributed by atoms with Crippen LogP contribution in [0.3, 0.4) is 0 Å². The van der Waals surface area contributed by atoms with E-state index in [2.05, 4.69) is 5.10 Å². The number of aliphatic hydroxyl groups is 1. The molecule has 6 heteroatoms. The van der Waals surface area contributed by atoms with Crippen molar-refractivity contribution in [3.63, 3.8) is 0 Å². The van der Waals surface area contributed by atoms with Gasteiger partial charge in [0.15, 0.2) is 0 Å². The Labute approximate surface area is 125 Å². The van der Waals surface area contributed by atoms with Crippen molar-refractivity contribution >= 4 is 6.09 Å². The average Bonchev–Trinajstić information content (AvgIpc) is 2.86. The van der Waals surface area contributed by atoms with Gasteiger partial charge in [0.1, 0.15) is 5.60 Å². The van der Waals surface area contributed by atoms with Crippen LogP contribution in [0.5, 0.6) is 0 Å². The molecule has 0 radical (unpaired) electrons. The van der Waals surface area contributed by atoms with Crippen molar-refractivity contribution in [3.8, 4) is 0 Å². The topological polar surface area (TPSA) is 67.6 Å². The Morgan fingerprint density at radius 2 is 2.10 bits per heavy atom. The molecule has 2 heterocycles. The normalized spacial score (nSPS) is 17.0. The lowest BCUT2D eigenvalue weighted by atomic mass is 10.1. The van der Waals surface area contributed by atoms with Crippen LogP contribution in [0, 0.1) is 0 Å². The smallest absolute Gasteiger partial charge is 0.410 e. The average molecular weight is 295 g/mol. The molecule has 1 aromatic rings. The molecule has 0 spiro atoms. The number of hydrogen-bond donors (Lipinski definition) is 1. The number of piperidine rings is 1. The van der Waals surface area contributed by atoms with Gasteiger partial charge in [0.05, 0.1) is 12.2 Å². The van der Waals surface area contributed by atoms with Crippen LogP contribution in [0.25, 0.3) is 0 Å². The predicted octanol–water partition coefficient (Wildman–Crippen LogP) is 1.99. The number of nitrogens with zero attached hydrogens (tertiary/aromatic N) is 3. The molecule has 0 bridgehead atoms. The molecule has 6 nitrogen and oxygen atoms in total. The molecule has 1 aromatic heterocycles. The summed E-state index contributed by atoms with van der Waals surface area (Å²) < 4.78 is 7.35. The van der Waals surface area contributed by atoms with E-state index < -0.39 is 5.60 Å². The zero-order chi connectivity index (χ0) is 15.5. The van der Waals surface area contributed by atoms with Crippen LogP contribution in [0.2, 0.25) is 0 Å². The summed E-state index contributed by atoms with van der Waals surface area (Å²) in [6.07, 6.45) is 5.94. The Morgan fingerprint density at radius 3 is 2.67 bits per heavy atom. The molecule has 1 fully saturated rings. The Hall–Kier alpha value is -1.56. The van der Waals surface area contributed by atoms with Crippen molar-refractivity contribution in [1.82, 2.24) is 14.7 Å². The van der Waals surface area contributed by atoms with Crippen molar-refractivity contribution in [3.05, 3.63) is 18.0 Å². The first kappa shape index (κ1) is 15.8. The summed E-state index contributed by atoms with van der Waals surface area (Å²) in [5.41, 5.74) is 0.599. The van der Waals surface area contributed by atoms with Gasteiger partial charge in [-0.05, 0) is 45.6 Å². The number of carbonyl (C=O) groups excluding carboxylic acids is 1. The van der Waals surface area contributed by atoms with Gasteiger partial charge >= 0.3 is 6.09 Å². The maximum Gasteiger partial charge on any atom is 0.410 e. The fourth-order valence-corrected chi connectivity index (χ4v) is 2.47. The number of rotatable bonds is 3. The van der Waals surface area contributed by atoms with Gasteiger partial charge in [-0.25, -0.2) is 4.79 Å². The Morgan fingerprint density at radius 1 is 1.43 bits per heavy atom. The predicted molar refractivity (Wildman–Crippen MR) is 79.1 cm³/mol. The van der Waals surface area contributed by atoms with Crippen LogP contribution in [0.15, 0.2) is 12.4 Å². The van der Waals surface area contributed by atoms with Crippen molar-refractivity contribution in [2.24, 2.45) is 0 Å². The highest BCUT2D eigenvalue weighted by Crippen LogP contribution is 2.23. The molecule has 21 heavy (non-hydrogen) atoms. The van der Waals surface area contributed by atoms with E-state index in [0.29, 0.717) is 25.6 Å². The van der Waals surface area contributed by atoms with Crippen LogP contribution in [0.4, 0.5) is 4.79 Å². The number of hydrogen-bond acceptors (Lipinski definition) is 4. The minimum absolute atomic E-state index is 0.142. The third-order valence-corrected chi connectivity index (χ3v) is 3.55. The Kier molecular flexibility index (Phi) is 4.88. The zero-order valence-corrected chi connectivity index (χ0v) is 13.1. The van der Waals surface area contributed by atoms with Crippen LogP contribution in [-0.4, -0.2) is 51.2 Å². The summed E-state index contributed by atoms with van der Waals surface area (Å²) in [7, 11) is 0. The van der Waals surface area contributed by atoms with Gasteiger partial charge in [-0.1, -0.05) is 0 Å². The lowest BCUT2D eigenvalue weighted by molar-refractivity contribution is 0.0184. The quantitative estimate of drug-likeness (QED) is 0.926. The molecule has 2 rings (SSSR count). The highest BCUT2D eigenvalue weighted by molar-refractivity contribution is 5.68. The minimum atomic E-state index is -0.449. The maximum atomic E-state index is 12.0. The number of ether oxygens (including phenoxy) is 1. The van der Waals surface area contributed by atoms with E-state index in [-0.39, 0.29) is 12.7 Å². The third kappa shape index (κ3) is 4.46. The molecule has 1 aliphatic rings. The molecule has 0 saturated carbocycles. The SMILES string of the molecule is CC(C)(C)OC(=O)N1CCC(n2cc(CCO)cn2)CC1. The van der Waals surface area contributed by atoms with Gasteiger partial charge in [-0.2, -0.15) is 5.10 Å². The summed E-state index contributed by atoms with van der Waals surface area (Å²) in [5, 5.41) is 13.3. The second kappa shape index (κ2) is 6.47. The molecule has 0 aliphatic carbocycles. The Balaban J connectivity index is 1.86. The third-order valence-electron chi connectivity index (χ3n) is 3.55. The van der Waals surface area contributed by atoms with E-state index >= 15 is 0 Å². The van der Waals surface area contributed by atoms with E-state index in [1.807, 2.05) is 31.6 Å². The highest BCUT2D eigenvalue weighted by Gasteiger charge is 2.27.